The van der Waals surface area contributed by atoms with E-state index in [1.54, 1.807) is 0 Å². The van der Waals surface area contributed by atoms with Crippen LogP contribution in [0.5, 0.6) is 0 Å². The zero-order valence-electron chi connectivity index (χ0n) is 16.0. The van der Waals surface area contributed by atoms with Crippen LogP contribution in [0.15, 0.2) is 24.3 Å². The molecule has 0 radical (unpaired) electrons. The van der Waals surface area contributed by atoms with Crippen molar-refractivity contribution in [2.45, 2.75) is 85.0 Å². The van der Waals surface area contributed by atoms with E-state index in [0.29, 0.717) is 18.9 Å². The number of hydrogen-bond donors (Lipinski definition) is 0. The zero-order chi connectivity index (χ0) is 17.6. The molecule has 1 rings (SSSR count). The summed E-state index contributed by atoms with van der Waals surface area (Å²) in [6.07, 6.45) is 11.3. The van der Waals surface area contributed by atoms with Gasteiger partial charge in [-0.1, -0.05) is 82.2 Å². The molecule has 0 aromatic heterocycles. The van der Waals surface area contributed by atoms with Gasteiger partial charge in [0.15, 0.2) is 0 Å². The van der Waals surface area contributed by atoms with E-state index in [1.807, 2.05) is 0 Å². The molecule has 24 heavy (non-hydrogen) atoms. The van der Waals surface area contributed by atoms with Crippen LogP contribution in [0.1, 0.15) is 82.8 Å². The lowest BCUT2D eigenvalue weighted by molar-refractivity contribution is -0.145. The number of rotatable bonds is 13. The molecule has 0 aliphatic heterocycles. The van der Waals surface area contributed by atoms with Crippen LogP contribution in [0.4, 0.5) is 0 Å². The fourth-order valence-corrected chi connectivity index (χ4v) is 2.95. The van der Waals surface area contributed by atoms with E-state index in [2.05, 4.69) is 45.0 Å². The van der Waals surface area contributed by atoms with Gasteiger partial charge in [-0.05, 0) is 37.7 Å². The van der Waals surface area contributed by atoms with Crippen LogP contribution in [0.2, 0.25) is 0 Å². The highest BCUT2D eigenvalue weighted by Crippen LogP contribution is 2.18. The number of carbonyl (C=O) groups excluding carboxylic acids is 1. The summed E-state index contributed by atoms with van der Waals surface area (Å²) in [5.41, 5.74) is 2.46. The van der Waals surface area contributed by atoms with Gasteiger partial charge in [-0.15, -0.1) is 0 Å². The second-order valence-electron chi connectivity index (χ2n) is 7.03. The lowest BCUT2D eigenvalue weighted by atomic mass is 9.96. The summed E-state index contributed by atoms with van der Waals surface area (Å²) in [7, 11) is 0. The maximum Gasteiger partial charge on any atom is 0.306 e. The van der Waals surface area contributed by atoms with Crippen molar-refractivity contribution >= 4 is 5.97 Å². The molecule has 0 aliphatic rings. The number of hydrogen-bond acceptors (Lipinski definition) is 2. The Morgan fingerprint density at radius 1 is 0.958 bits per heavy atom. The van der Waals surface area contributed by atoms with E-state index in [-0.39, 0.29) is 5.97 Å². The van der Waals surface area contributed by atoms with Gasteiger partial charge in [-0.3, -0.25) is 4.79 Å². The Bertz CT molecular complexity index is 436. The zero-order valence-corrected chi connectivity index (χ0v) is 16.0. The molecule has 1 atom stereocenters. The fourth-order valence-electron chi connectivity index (χ4n) is 2.95. The van der Waals surface area contributed by atoms with E-state index < -0.39 is 0 Å². The molecule has 0 saturated carbocycles. The second kappa shape index (κ2) is 13.0. The van der Waals surface area contributed by atoms with Gasteiger partial charge < -0.3 is 4.74 Å². The number of benzene rings is 1. The minimum absolute atomic E-state index is 0.0503. The Hall–Kier alpha value is -1.31. The molecule has 0 saturated heterocycles. The summed E-state index contributed by atoms with van der Waals surface area (Å²) >= 11 is 0. The Labute approximate surface area is 149 Å². The van der Waals surface area contributed by atoms with Crippen molar-refractivity contribution < 1.29 is 9.53 Å². The normalized spacial score (nSPS) is 12.1. The van der Waals surface area contributed by atoms with Crippen molar-refractivity contribution in [3.05, 3.63) is 35.4 Å². The van der Waals surface area contributed by atoms with Crippen LogP contribution in [-0.4, -0.2) is 12.6 Å². The van der Waals surface area contributed by atoms with Gasteiger partial charge in [-0.2, -0.15) is 0 Å². The molecule has 0 fully saturated rings. The largest absolute Gasteiger partial charge is 0.465 e. The first kappa shape index (κ1) is 20.7. The number of carbonyl (C=O) groups is 1. The van der Waals surface area contributed by atoms with Gasteiger partial charge in [0, 0.05) is 6.42 Å². The number of esters is 1. The average molecular weight is 333 g/mol. The SMILES string of the molecule is CCCCCCC(CCCC)COC(=O)CCc1ccc(C)cc1. The predicted molar refractivity (Wildman–Crippen MR) is 102 cm³/mol. The molecule has 0 aliphatic carbocycles. The standard InChI is InChI=1S/C22H36O2/c1-4-6-8-9-11-21(10-7-5-2)18-24-22(23)17-16-20-14-12-19(3)13-15-20/h12-15,21H,4-11,16-18H2,1-3H3. The van der Waals surface area contributed by atoms with Gasteiger partial charge in [0.25, 0.3) is 0 Å². The van der Waals surface area contributed by atoms with Gasteiger partial charge >= 0.3 is 5.97 Å². The summed E-state index contributed by atoms with van der Waals surface area (Å²) in [5.74, 6) is 0.496. The van der Waals surface area contributed by atoms with Gasteiger partial charge in [0.2, 0.25) is 0 Å². The summed E-state index contributed by atoms with van der Waals surface area (Å²) in [6, 6.07) is 8.39. The van der Waals surface area contributed by atoms with E-state index in [9.17, 15) is 4.79 Å². The second-order valence-corrected chi connectivity index (χ2v) is 7.03. The number of aryl methyl sites for hydroxylation is 2. The molecular formula is C22H36O2. The maximum atomic E-state index is 12.0. The molecule has 2 nitrogen and oxygen atoms in total. The highest BCUT2D eigenvalue weighted by Gasteiger charge is 2.12. The molecule has 136 valence electrons. The molecule has 0 bridgehead atoms. The first-order chi connectivity index (χ1) is 11.7. The quantitative estimate of drug-likeness (QED) is 0.315. The fraction of sp³-hybridized carbons (Fsp3) is 0.682. The third kappa shape index (κ3) is 9.75. The molecule has 0 spiro atoms. The van der Waals surface area contributed by atoms with Gasteiger partial charge in [0.05, 0.1) is 6.61 Å². The van der Waals surface area contributed by atoms with Crippen LogP contribution in [0.3, 0.4) is 0 Å². The Balaban J connectivity index is 2.27. The topological polar surface area (TPSA) is 26.3 Å². The molecule has 1 aromatic rings. The van der Waals surface area contributed by atoms with Crippen molar-refractivity contribution in [2.24, 2.45) is 5.92 Å². The minimum Gasteiger partial charge on any atom is -0.465 e. The van der Waals surface area contributed by atoms with E-state index >= 15 is 0 Å². The highest BCUT2D eigenvalue weighted by atomic mass is 16.5. The third-order valence-corrected chi connectivity index (χ3v) is 4.65. The first-order valence-corrected chi connectivity index (χ1v) is 9.86. The Morgan fingerprint density at radius 2 is 1.62 bits per heavy atom. The van der Waals surface area contributed by atoms with Crippen molar-refractivity contribution in [1.29, 1.82) is 0 Å². The van der Waals surface area contributed by atoms with E-state index in [1.165, 1.54) is 62.5 Å². The van der Waals surface area contributed by atoms with Crippen molar-refractivity contribution in [3.8, 4) is 0 Å². The highest BCUT2D eigenvalue weighted by molar-refractivity contribution is 5.69. The lowest BCUT2D eigenvalue weighted by Crippen LogP contribution is -2.15. The summed E-state index contributed by atoms with van der Waals surface area (Å²) in [6.45, 7) is 7.15. The summed E-state index contributed by atoms with van der Waals surface area (Å²) in [5, 5.41) is 0. The smallest absolute Gasteiger partial charge is 0.306 e. The third-order valence-electron chi connectivity index (χ3n) is 4.65. The van der Waals surface area contributed by atoms with Crippen molar-refractivity contribution in [2.75, 3.05) is 6.61 Å². The molecule has 2 heteroatoms. The predicted octanol–water partition coefficient (Wildman–Crippen LogP) is 6.25. The molecule has 0 amide bonds. The Kier molecular flexibility index (Phi) is 11.3. The molecular weight excluding hydrogens is 296 g/mol. The van der Waals surface area contributed by atoms with E-state index in [0.717, 1.165) is 6.42 Å². The van der Waals surface area contributed by atoms with Crippen LogP contribution < -0.4 is 0 Å². The minimum atomic E-state index is -0.0503. The van der Waals surface area contributed by atoms with Gasteiger partial charge in [-0.25, -0.2) is 0 Å². The summed E-state index contributed by atoms with van der Waals surface area (Å²) < 4.78 is 5.56. The summed E-state index contributed by atoms with van der Waals surface area (Å²) in [4.78, 5) is 12.0. The van der Waals surface area contributed by atoms with Crippen molar-refractivity contribution in [1.82, 2.24) is 0 Å². The van der Waals surface area contributed by atoms with Crippen molar-refractivity contribution in [3.63, 3.8) is 0 Å². The molecule has 0 N–H and O–H groups in total. The Morgan fingerprint density at radius 3 is 2.29 bits per heavy atom. The number of ether oxygens (including phenoxy) is 1. The molecule has 1 aromatic carbocycles. The lowest BCUT2D eigenvalue weighted by Gasteiger charge is -2.17. The maximum absolute atomic E-state index is 12.0. The van der Waals surface area contributed by atoms with E-state index in [4.69, 9.17) is 4.74 Å². The van der Waals surface area contributed by atoms with Crippen LogP contribution >= 0.6 is 0 Å². The molecule has 1 unspecified atom stereocenters. The van der Waals surface area contributed by atoms with Gasteiger partial charge in [0.1, 0.15) is 0 Å². The first-order valence-electron chi connectivity index (χ1n) is 9.86. The monoisotopic (exact) mass is 332 g/mol. The van der Waals surface area contributed by atoms with Crippen LogP contribution in [0, 0.1) is 12.8 Å². The average Bonchev–Trinajstić information content (AvgIpc) is 2.59. The number of unbranched alkanes of at least 4 members (excludes halogenated alkanes) is 4. The molecule has 0 heterocycles. The van der Waals surface area contributed by atoms with Crippen LogP contribution in [-0.2, 0) is 16.0 Å². The van der Waals surface area contributed by atoms with Crippen LogP contribution in [0.25, 0.3) is 0 Å².